The maximum absolute atomic E-state index is 10.8. The van der Waals surface area contributed by atoms with E-state index in [0.29, 0.717) is 18.5 Å². The molecule has 1 aliphatic heterocycles. The van der Waals surface area contributed by atoms with Gasteiger partial charge < -0.3 is 4.90 Å². The molecule has 2 aromatic carbocycles. The third kappa shape index (κ3) is 3.92. The first-order chi connectivity index (χ1) is 13.6. The number of rotatable bonds is 5. The van der Waals surface area contributed by atoms with Crippen LogP contribution in [0.25, 0.3) is 11.4 Å². The number of non-ortho nitro benzene ring substituents is 1. The standard InChI is InChI=1S/C20H22N6O2/c1-23-11-12-24(19(13-23)16-5-3-2-4-6-16)15-25-14-21-20(22-25)17-7-9-18(10-8-17)26(27)28/h2-10,14,19H,11-13,15H2,1H3/t19-/m1/s1. The molecule has 144 valence electrons. The second-order valence-corrected chi connectivity index (χ2v) is 7.05. The summed E-state index contributed by atoms with van der Waals surface area (Å²) in [5.74, 6) is 0.570. The van der Waals surface area contributed by atoms with E-state index in [1.165, 1.54) is 17.7 Å². The van der Waals surface area contributed by atoms with Gasteiger partial charge in [-0.3, -0.25) is 15.0 Å². The molecule has 0 aliphatic carbocycles. The fourth-order valence-corrected chi connectivity index (χ4v) is 3.53. The SMILES string of the molecule is CN1CCN(Cn2cnc(-c3ccc([N+](=O)[O-])cc3)n2)[C@@H](c2ccccc2)C1. The molecule has 8 nitrogen and oxygen atoms in total. The topological polar surface area (TPSA) is 80.3 Å². The van der Waals surface area contributed by atoms with Crippen molar-refractivity contribution in [1.29, 1.82) is 0 Å². The Kier molecular flexibility index (Phi) is 5.14. The van der Waals surface area contributed by atoms with Gasteiger partial charge in [-0.15, -0.1) is 5.10 Å². The summed E-state index contributed by atoms with van der Waals surface area (Å²) < 4.78 is 1.83. The molecule has 1 saturated heterocycles. The minimum Gasteiger partial charge on any atom is -0.303 e. The summed E-state index contributed by atoms with van der Waals surface area (Å²) in [6.07, 6.45) is 1.72. The van der Waals surface area contributed by atoms with E-state index < -0.39 is 4.92 Å². The number of piperazine rings is 1. The van der Waals surface area contributed by atoms with Crippen molar-refractivity contribution in [3.8, 4) is 11.4 Å². The highest BCUT2D eigenvalue weighted by molar-refractivity contribution is 5.56. The first kappa shape index (κ1) is 18.3. The van der Waals surface area contributed by atoms with E-state index in [2.05, 4.69) is 51.2 Å². The number of aromatic nitrogens is 3. The maximum Gasteiger partial charge on any atom is 0.269 e. The van der Waals surface area contributed by atoms with Crippen molar-refractivity contribution in [1.82, 2.24) is 24.6 Å². The molecule has 1 atom stereocenters. The molecule has 0 N–H and O–H groups in total. The van der Waals surface area contributed by atoms with Gasteiger partial charge in [-0.25, -0.2) is 9.67 Å². The molecule has 28 heavy (non-hydrogen) atoms. The monoisotopic (exact) mass is 378 g/mol. The molecule has 1 fully saturated rings. The van der Waals surface area contributed by atoms with Gasteiger partial charge in [0.1, 0.15) is 6.33 Å². The average Bonchev–Trinajstić information content (AvgIpc) is 3.18. The minimum absolute atomic E-state index is 0.0614. The van der Waals surface area contributed by atoms with Crippen LogP contribution in [-0.4, -0.2) is 56.2 Å². The second-order valence-electron chi connectivity index (χ2n) is 7.05. The fraction of sp³-hybridized carbons (Fsp3) is 0.300. The highest BCUT2D eigenvalue weighted by Gasteiger charge is 2.27. The molecule has 8 heteroatoms. The van der Waals surface area contributed by atoms with Crippen LogP contribution in [0.4, 0.5) is 5.69 Å². The van der Waals surface area contributed by atoms with E-state index in [1.807, 2.05) is 10.7 Å². The number of nitro benzene ring substituents is 1. The number of benzene rings is 2. The van der Waals surface area contributed by atoms with Crippen LogP contribution in [-0.2, 0) is 6.67 Å². The minimum atomic E-state index is -0.410. The Morgan fingerprint density at radius 1 is 1.11 bits per heavy atom. The third-order valence-electron chi connectivity index (χ3n) is 5.08. The molecule has 1 aromatic heterocycles. The van der Waals surface area contributed by atoms with Crippen molar-refractivity contribution in [2.45, 2.75) is 12.7 Å². The number of hydrogen-bond donors (Lipinski definition) is 0. The summed E-state index contributed by atoms with van der Waals surface area (Å²) in [6, 6.07) is 17.1. The molecule has 0 spiro atoms. The van der Waals surface area contributed by atoms with E-state index >= 15 is 0 Å². The Balaban J connectivity index is 1.51. The predicted octanol–water partition coefficient (Wildman–Crippen LogP) is 2.80. The zero-order chi connectivity index (χ0) is 19.5. The van der Waals surface area contributed by atoms with Gasteiger partial charge >= 0.3 is 0 Å². The summed E-state index contributed by atoms with van der Waals surface area (Å²) in [4.78, 5) is 19.5. The summed E-state index contributed by atoms with van der Waals surface area (Å²) in [6.45, 7) is 3.57. The van der Waals surface area contributed by atoms with Gasteiger partial charge in [-0.2, -0.15) is 0 Å². The van der Waals surface area contributed by atoms with Gasteiger partial charge in [-0.05, 0) is 24.7 Å². The summed E-state index contributed by atoms with van der Waals surface area (Å²) in [5.41, 5.74) is 2.12. The number of likely N-dealkylation sites (N-methyl/N-ethyl adjacent to an activating group) is 1. The van der Waals surface area contributed by atoms with Crippen molar-refractivity contribution in [3.63, 3.8) is 0 Å². The van der Waals surface area contributed by atoms with Gasteiger partial charge in [0.25, 0.3) is 5.69 Å². The highest BCUT2D eigenvalue weighted by atomic mass is 16.6. The van der Waals surface area contributed by atoms with Gasteiger partial charge in [0.15, 0.2) is 5.82 Å². The largest absolute Gasteiger partial charge is 0.303 e. The summed E-state index contributed by atoms with van der Waals surface area (Å²) >= 11 is 0. The van der Waals surface area contributed by atoms with E-state index in [0.717, 1.165) is 25.2 Å². The number of nitrogens with zero attached hydrogens (tertiary/aromatic N) is 6. The second kappa shape index (κ2) is 7.87. The van der Waals surface area contributed by atoms with Crippen molar-refractivity contribution in [2.24, 2.45) is 0 Å². The molecule has 0 amide bonds. The highest BCUT2D eigenvalue weighted by Crippen LogP contribution is 2.25. The van der Waals surface area contributed by atoms with Crippen LogP contribution < -0.4 is 0 Å². The zero-order valence-corrected chi connectivity index (χ0v) is 15.7. The van der Waals surface area contributed by atoms with Crippen LogP contribution in [0.15, 0.2) is 60.9 Å². The van der Waals surface area contributed by atoms with Crippen molar-refractivity contribution in [3.05, 3.63) is 76.6 Å². The van der Waals surface area contributed by atoms with Crippen LogP contribution in [0, 0.1) is 10.1 Å². The average molecular weight is 378 g/mol. The Morgan fingerprint density at radius 3 is 2.57 bits per heavy atom. The van der Waals surface area contributed by atoms with E-state index in [-0.39, 0.29) is 5.69 Å². The predicted molar refractivity (Wildman–Crippen MR) is 105 cm³/mol. The Labute approximate surface area is 163 Å². The first-order valence-electron chi connectivity index (χ1n) is 9.22. The Morgan fingerprint density at radius 2 is 1.86 bits per heavy atom. The lowest BCUT2D eigenvalue weighted by molar-refractivity contribution is -0.384. The first-order valence-corrected chi connectivity index (χ1v) is 9.22. The molecular weight excluding hydrogens is 356 g/mol. The molecule has 3 aromatic rings. The van der Waals surface area contributed by atoms with Crippen LogP contribution in [0.1, 0.15) is 11.6 Å². The molecule has 0 unspecified atom stereocenters. The molecule has 0 radical (unpaired) electrons. The lowest BCUT2D eigenvalue weighted by Crippen LogP contribution is -2.47. The molecule has 4 rings (SSSR count). The quantitative estimate of drug-likeness (QED) is 0.502. The number of nitro groups is 1. The molecular formula is C20H22N6O2. The van der Waals surface area contributed by atoms with Gasteiger partial charge in [0, 0.05) is 43.4 Å². The normalized spacial score (nSPS) is 18.2. The summed E-state index contributed by atoms with van der Waals surface area (Å²) in [5, 5.41) is 15.4. The zero-order valence-electron chi connectivity index (χ0n) is 15.7. The van der Waals surface area contributed by atoms with Gasteiger partial charge in [0.2, 0.25) is 0 Å². The summed E-state index contributed by atoms with van der Waals surface area (Å²) in [7, 11) is 2.15. The lowest BCUT2D eigenvalue weighted by atomic mass is 10.0. The Bertz CT molecular complexity index is 941. The molecule has 1 aliphatic rings. The number of hydrogen-bond acceptors (Lipinski definition) is 6. The third-order valence-corrected chi connectivity index (χ3v) is 5.08. The van der Waals surface area contributed by atoms with Crippen LogP contribution in [0.3, 0.4) is 0 Å². The van der Waals surface area contributed by atoms with E-state index in [1.54, 1.807) is 18.5 Å². The molecule has 0 saturated carbocycles. The lowest BCUT2D eigenvalue weighted by Gasteiger charge is -2.40. The van der Waals surface area contributed by atoms with E-state index in [4.69, 9.17) is 0 Å². The van der Waals surface area contributed by atoms with Crippen LogP contribution in [0.5, 0.6) is 0 Å². The van der Waals surface area contributed by atoms with Crippen molar-refractivity contribution in [2.75, 3.05) is 26.7 Å². The van der Waals surface area contributed by atoms with E-state index in [9.17, 15) is 10.1 Å². The van der Waals surface area contributed by atoms with Gasteiger partial charge in [-0.1, -0.05) is 30.3 Å². The van der Waals surface area contributed by atoms with Crippen LogP contribution >= 0.6 is 0 Å². The van der Waals surface area contributed by atoms with Crippen molar-refractivity contribution < 1.29 is 4.92 Å². The van der Waals surface area contributed by atoms with Gasteiger partial charge in [0.05, 0.1) is 11.6 Å². The molecule has 2 heterocycles. The van der Waals surface area contributed by atoms with Crippen molar-refractivity contribution >= 4 is 5.69 Å². The Hall–Kier alpha value is -3.10. The van der Waals surface area contributed by atoms with Crippen LogP contribution in [0.2, 0.25) is 0 Å². The maximum atomic E-state index is 10.8. The fourth-order valence-electron chi connectivity index (χ4n) is 3.53. The smallest absolute Gasteiger partial charge is 0.269 e. The molecule has 0 bridgehead atoms.